The Morgan fingerprint density at radius 1 is 1.45 bits per heavy atom. The molecule has 1 aliphatic rings. The second kappa shape index (κ2) is 4.87. The van der Waals surface area contributed by atoms with Crippen molar-refractivity contribution in [2.45, 2.75) is 31.7 Å². The number of carbonyl (C=O) groups excluding carboxylic acids is 1. The molecule has 2 heterocycles. The van der Waals surface area contributed by atoms with Gasteiger partial charge in [-0.05, 0) is 38.8 Å². The highest BCUT2D eigenvalue weighted by atomic mass is 32.2. The number of amides is 1. The minimum Gasteiger partial charge on any atom is -0.268 e. The highest BCUT2D eigenvalue weighted by molar-refractivity contribution is 7.90. The Morgan fingerprint density at radius 2 is 2.15 bits per heavy atom. The molecule has 0 bridgehead atoms. The first kappa shape index (κ1) is 14.5. The molecule has 1 aromatic heterocycles. The molecule has 20 heavy (non-hydrogen) atoms. The molecule has 6 nitrogen and oxygen atoms in total. The summed E-state index contributed by atoms with van der Waals surface area (Å²) in [5, 5.41) is 8.75. The molecule has 0 atom stereocenters. The lowest BCUT2D eigenvalue weighted by atomic mass is 9.90. The highest BCUT2D eigenvalue weighted by Crippen LogP contribution is 2.29. The van der Waals surface area contributed by atoms with E-state index in [4.69, 9.17) is 5.26 Å². The van der Waals surface area contributed by atoms with Crippen molar-refractivity contribution in [3.8, 4) is 6.07 Å². The number of carbonyl (C=O) groups is 1. The van der Waals surface area contributed by atoms with Crippen LogP contribution in [0.15, 0.2) is 23.4 Å². The van der Waals surface area contributed by atoms with Crippen LogP contribution >= 0.6 is 0 Å². The first-order valence-corrected chi connectivity index (χ1v) is 7.67. The predicted molar refractivity (Wildman–Crippen MR) is 71.1 cm³/mol. The Labute approximate surface area is 118 Å². The molecule has 0 spiro atoms. The molecule has 7 heteroatoms. The summed E-state index contributed by atoms with van der Waals surface area (Å²) in [4.78, 5) is 15.9. The van der Waals surface area contributed by atoms with Crippen LogP contribution in [-0.4, -0.2) is 30.2 Å². The van der Waals surface area contributed by atoms with Crippen LogP contribution in [0.3, 0.4) is 0 Å². The molecule has 2 rings (SSSR count). The van der Waals surface area contributed by atoms with Gasteiger partial charge in [0.05, 0.1) is 17.0 Å². The van der Waals surface area contributed by atoms with Gasteiger partial charge in [-0.2, -0.15) is 13.7 Å². The molecule has 0 N–H and O–H groups in total. The molecule has 106 valence electrons. The molecule has 0 radical (unpaired) electrons. The Balaban J connectivity index is 2.16. The van der Waals surface area contributed by atoms with Gasteiger partial charge >= 0.3 is 0 Å². The lowest BCUT2D eigenvalue weighted by Gasteiger charge is -2.18. The van der Waals surface area contributed by atoms with E-state index in [1.165, 1.54) is 18.3 Å². The summed E-state index contributed by atoms with van der Waals surface area (Å²) in [6, 6.07) is 5.15. The maximum Gasteiger partial charge on any atom is 0.285 e. The average Bonchev–Trinajstić information content (AvgIpc) is 2.60. The fourth-order valence-electron chi connectivity index (χ4n) is 2.05. The molecular formula is C13H15N3O3S. The smallest absolute Gasteiger partial charge is 0.268 e. The molecule has 0 saturated carbocycles. The van der Waals surface area contributed by atoms with Gasteiger partial charge in [0.2, 0.25) is 0 Å². The summed E-state index contributed by atoms with van der Waals surface area (Å²) in [7, 11) is -3.83. The fraction of sp³-hybridized carbons (Fsp3) is 0.462. The number of nitriles is 1. The van der Waals surface area contributed by atoms with Crippen LogP contribution in [0, 0.1) is 16.7 Å². The van der Waals surface area contributed by atoms with Crippen LogP contribution in [0.4, 0.5) is 0 Å². The summed E-state index contributed by atoms with van der Waals surface area (Å²) >= 11 is 0. The van der Waals surface area contributed by atoms with E-state index in [0.29, 0.717) is 12.8 Å². The third-order valence-corrected chi connectivity index (χ3v) is 4.97. The van der Waals surface area contributed by atoms with E-state index in [-0.39, 0.29) is 17.1 Å². The highest BCUT2D eigenvalue weighted by Gasteiger charge is 2.42. The number of pyridine rings is 1. The van der Waals surface area contributed by atoms with Gasteiger partial charge in [0.15, 0.2) is 5.03 Å². The molecule has 1 aliphatic heterocycles. The number of hydrogen-bond acceptors (Lipinski definition) is 5. The molecule has 0 aliphatic carbocycles. The number of nitrogens with zero attached hydrogens (tertiary/aromatic N) is 3. The van der Waals surface area contributed by atoms with Crippen LogP contribution < -0.4 is 0 Å². The Hall–Kier alpha value is -1.94. The first-order chi connectivity index (χ1) is 9.29. The summed E-state index contributed by atoms with van der Waals surface area (Å²) < 4.78 is 25.2. The zero-order chi connectivity index (χ0) is 15.0. The average molecular weight is 293 g/mol. The monoisotopic (exact) mass is 293 g/mol. The third kappa shape index (κ3) is 2.39. The second-order valence-electron chi connectivity index (χ2n) is 5.34. The largest absolute Gasteiger partial charge is 0.285 e. The van der Waals surface area contributed by atoms with Gasteiger partial charge in [-0.1, -0.05) is 0 Å². The predicted octanol–water partition coefficient (Wildman–Crippen LogP) is 1.56. The van der Waals surface area contributed by atoms with E-state index in [2.05, 4.69) is 11.1 Å². The molecule has 0 fully saturated rings. The van der Waals surface area contributed by atoms with Crippen LogP contribution in [-0.2, 0) is 10.0 Å². The molecule has 0 unspecified atom stereocenters. The quantitative estimate of drug-likeness (QED) is 0.840. The van der Waals surface area contributed by atoms with Crippen molar-refractivity contribution in [1.29, 1.82) is 5.26 Å². The number of aromatic nitrogens is 1. The minimum atomic E-state index is -3.83. The van der Waals surface area contributed by atoms with Crippen molar-refractivity contribution in [3.63, 3.8) is 0 Å². The van der Waals surface area contributed by atoms with Crippen molar-refractivity contribution in [2.75, 3.05) is 6.54 Å². The van der Waals surface area contributed by atoms with Crippen LogP contribution in [0.5, 0.6) is 0 Å². The molecule has 0 saturated heterocycles. The minimum absolute atomic E-state index is 0.0721. The Bertz CT molecular complexity index is 689. The number of hydrogen-bond donors (Lipinski definition) is 0. The van der Waals surface area contributed by atoms with Gasteiger partial charge < -0.3 is 0 Å². The van der Waals surface area contributed by atoms with E-state index in [1.807, 2.05) is 0 Å². The van der Waals surface area contributed by atoms with Gasteiger partial charge in [-0.15, -0.1) is 0 Å². The van der Waals surface area contributed by atoms with Crippen molar-refractivity contribution >= 4 is 15.9 Å². The fourth-order valence-corrected chi connectivity index (χ4v) is 3.57. The molecular weight excluding hydrogens is 278 g/mol. The standard InChI is InChI=1S/C13H15N3O3S/c1-13(2,9-14)6-4-8-16-12(17)10-5-3-7-15-11(10)20(16,18)19/h3,5,7H,4,6,8H2,1-2H3. The van der Waals surface area contributed by atoms with Crippen LogP contribution in [0.1, 0.15) is 37.0 Å². The lowest BCUT2D eigenvalue weighted by molar-refractivity contribution is 0.0867. The zero-order valence-electron chi connectivity index (χ0n) is 11.3. The maximum atomic E-state index is 12.2. The summed E-state index contributed by atoms with van der Waals surface area (Å²) in [5.41, 5.74) is -0.412. The van der Waals surface area contributed by atoms with Gasteiger partial charge in [0.25, 0.3) is 15.9 Å². The van der Waals surface area contributed by atoms with Gasteiger partial charge in [-0.25, -0.2) is 9.29 Å². The third-order valence-electron chi connectivity index (χ3n) is 3.23. The lowest BCUT2D eigenvalue weighted by Crippen LogP contribution is -2.31. The van der Waals surface area contributed by atoms with Gasteiger partial charge in [-0.3, -0.25) is 4.79 Å². The van der Waals surface area contributed by atoms with Crippen LogP contribution in [0.25, 0.3) is 0 Å². The van der Waals surface area contributed by atoms with E-state index < -0.39 is 21.3 Å². The van der Waals surface area contributed by atoms with E-state index in [1.54, 1.807) is 13.8 Å². The summed E-state index contributed by atoms with van der Waals surface area (Å²) in [5.74, 6) is -0.539. The first-order valence-electron chi connectivity index (χ1n) is 6.23. The SMILES string of the molecule is CC(C)(C#N)CCCN1C(=O)c2cccnc2S1(=O)=O. The van der Waals surface area contributed by atoms with Crippen LogP contribution in [0.2, 0.25) is 0 Å². The van der Waals surface area contributed by atoms with Gasteiger partial charge in [0.1, 0.15) is 0 Å². The normalized spacial score (nSPS) is 16.9. The molecule has 0 aromatic carbocycles. The van der Waals surface area contributed by atoms with Gasteiger partial charge in [0, 0.05) is 12.7 Å². The Kier molecular flexibility index (Phi) is 3.52. The van der Waals surface area contributed by atoms with E-state index >= 15 is 0 Å². The van der Waals surface area contributed by atoms with Crippen molar-refractivity contribution in [1.82, 2.24) is 9.29 Å². The number of sulfonamides is 1. The Morgan fingerprint density at radius 3 is 2.75 bits per heavy atom. The summed E-state index contributed by atoms with van der Waals surface area (Å²) in [6.45, 7) is 3.63. The maximum absolute atomic E-state index is 12.2. The van der Waals surface area contributed by atoms with Crippen molar-refractivity contribution < 1.29 is 13.2 Å². The molecule has 1 aromatic rings. The summed E-state index contributed by atoms with van der Waals surface area (Å²) in [6.07, 6.45) is 2.32. The zero-order valence-corrected chi connectivity index (χ0v) is 12.1. The van der Waals surface area contributed by atoms with Crippen molar-refractivity contribution in [3.05, 3.63) is 23.9 Å². The van der Waals surface area contributed by atoms with E-state index in [9.17, 15) is 13.2 Å². The second-order valence-corrected chi connectivity index (χ2v) is 7.12. The van der Waals surface area contributed by atoms with E-state index in [0.717, 1.165) is 4.31 Å². The van der Waals surface area contributed by atoms with Crippen molar-refractivity contribution in [2.24, 2.45) is 5.41 Å². The number of rotatable bonds is 4. The number of fused-ring (bicyclic) bond motifs is 1. The topological polar surface area (TPSA) is 91.1 Å². The molecule has 1 amide bonds.